The first-order chi connectivity index (χ1) is 11.9. The molecule has 0 aliphatic carbocycles. The zero-order valence-corrected chi connectivity index (χ0v) is 13.9. The van der Waals surface area contributed by atoms with E-state index in [4.69, 9.17) is 4.55 Å². The third kappa shape index (κ3) is 3.57. The minimum Gasteiger partial charge on any atom is -0.282 e. The maximum Gasteiger partial charge on any atom is 0.301 e. The molecule has 2 aromatic carbocycles. The van der Waals surface area contributed by atoms with Crippen molar-refractivity contribution < 1.29 is 17.8 Å². The van der Waals surface area contributed by atoms with E-state index in [0.29, 0.717) is 11.4 Å². The standard InChI is InChI=1S/C16H14N4O4S/c1-11-15(18-17-12-5-3-2-4-6-12)16(21)20(19-11)13-7-9-14(10-8-13)25(22,23)24/h2-10,17H,1H3,(H,22,23,24)/b18-15+. The van der Waals surface area contributed by atoms with E-state index in [2.05, 4.69) is 15.6 Å². The van der Waals surface area contributed by atoms with E-state index in [1.807, 2.05) is 30.3 Å². The van der Waals surface area contributed by atoms with Crippen LogP contribution in [0.5, 0.6) is 0 Å². The predicted molar refractivity (Wildman–Crippen MR) is 94.4 cm³/mol. The predicted octanol–water partition coefficient (Wildman–Crippen LogP) is 2.12. The van der Waals surface area contributed by atoms with E-state index in [0.717, 1.165) is 10.7 Å². The summed E-state index contributed by atoms with van der Waals surface area (Å²) in [7, 11) is -4.29. The minimum absolute atomic E-state index is 0.155. The number of hydrogen-bond acceptors (Lipinski definition) is 6. The van der Waals surface area contributed by atoms with Gasteiger partial charge in [0, 0.05) is 0 Å². The fourth-order valence-electron chi connectivity index (χ4n) is 2.19. The van der Waals surface area contributed by atoms with Crippen LogP contribution in [-0.4, -0.2) is 30.3 Å². The Labute approximate surface area is 144 Å². The van der Waals surface area contributed by atoms with Gasteiger partial charge in [-0.3, -0.25) is 14.8 Å². The Bertz CT molecular complexity index is 967. The highest BCUT2D eigenvalue weighted by atomic mass is 32.2. The molecule has 0 spiro atoms. The molecule has 1 amide bonds. The molecule has 128 valence electrons. The Morgan fingerprint density at radius 3 is 2.32 bits per heavy atom. The first-order valence-electron chi connectivity index (χ1n) is 7.22. The molecule has 0 atom stereocenters. The maximum atomic E-state index is 12.5. The van der Waals surface area contributed by atoms with E-state index >= 15 is 0 Å². The number of rotatable bonds is 4. The Hall–Kier alpha value is -3.04. The molecule has 25 heavy (non-hydrogen) atoms. The summed E-state index contributed by atoms with van der Waals surface area (Å²) in [6.45, 7) is 1.65. The van der Waals surface area contributed by atoms with Gasteiger partial charge in [-0.15, -0.1) is 0 Å². The Kier molecular flexibility index (Phi) is 4.34. The average Bonchev–Trinajstić information content (AvgIpc) is 2.87. The van der Waals surface area contributed by atoms with E-state index in [-0.39, 0.29) is 10.6 Å². The molecule has 2 aromatic rings. The lowest BCUT2D eigenvalue weighted by atomic mass is 10.2. The molecule has 3 rings (SSSR count). The van der Waals surface area contributed by atoms with E-state index in [1.165, 1.54) is 24.3 Å². The van der Waals surface area contributed by atoms with Crippen LogP contribution in [0.3, 0.4) is 0 Å². The van der Waals surface area contributed by atoms with Gasteiger partial charge < -0.3 is 0 Å². The van der Waals surface area contributed by atoms with Crippen molar-refractivity contribution in [3.63, 3.8) is 0 Å². The zero-order valence-electron chi connectivity index (χ0n) is 13.1. The van der Waals surface area contributed by atoms with Crippen LogP contribution < -0.4 is 10.4 Å². The second-order valence-electron chi connectivity index (χ2n) is 5.21. The van der Waals surface area contributed by atoms with Crippen LogP contribution in [0.25, 0.3) is 0 Å². The zero-order chi connectivity index (χ0) is 18.0. The number of nitrogens with zero attached hydrogens (tertiary/aromatic N) is 3. The largest absolute Gasteiger partial charge is 0.301 e. The van der Waals surface area contributed by atoms with Crippen molar-refractivity contribution in [3.05, 3.63) is 54.6 Å². The van der Waals surface area contributed by atoms with Crippen LogP contribution in [0, 0.1) is 0 Å². The van der Waals surface area contributed by atoms with Gasteiger partial charge in [-0.1, -0.05) is 18.2 Å². The SMILES string of the molecule is CC1=NN(c2ccc(S(=O)(=O)O)cc2)C(=O)/C1=N/Nc1ccccc1. The van der Waals surface area contributed by atoms with Gasteiger partial charge in [0.25, 0.3) is 10.1 Å². The van der Waals surface area contributed by atoms with Crippen LogP contribution >= 0.6 is 0 Å². The lowest BCUT2D eigenvalue weighted by Crippen LogP contribution is -2.27. The second-order valence-corrected chi connectivity index (χ2v) is 6.63. The minimum atomic E-state index is -4.29. The Morgan fingerprint density at radius 1 is 1.08 bits per heavy atom. The van der Waals surface area contributed by atoms with Crippen molar-refractivity contribution in [1.82, 2.24) is 0 Å². The summed E-state index contributed by atoms with van der Waals surface area (Å²) in [4.78, 5) is 12.2. The average molecular weight is 358 g/mol. The number of carbonyl (C=O) groups is 1. The summed E-state index contributed by atoms with van der Waals surface area (Å²) in [5, 5.41) is 9.36. The van der Waals surface area contributed by atoms with Gasteiger partial charge in [-0.05, 0) is 43.3 Å². The smallest absolute Gasteiger partial charge is 0.282 e. The molecule has 0 saturated carbocycles. The number of amides is 1. The van der Waals surface area contributed by atoms with Gasteiger partial charge in [0.15, 0.2) is 5.71 Å². The topological polar surface area (TPSA) is 111 Å². The summed E-state index contributed by atoms with van der Waals surface area (Å²) >= 11 is 0. The van der Waals surface area contributed by atoms with Crippen LogP contribution in [0.4, 0.5) is 11.4 Å². The normalized spacial score (nSPS) is 16.2. The molecular formula is C16H14N4O4S. The lowest BCUT2D eigenvalue weighted by Gasteiger charge is -2.11. The Morgan fingerprint density at radius 2 is 1.72 bits per heavy atom. The first kappa shape index (κ1) is 16.8. The van der Waals surface area contributed by atoms with E-state index in [1.54, 1.807) is 6.92 Å². The number of nitrogens with one attached hydrogen (secondary N) is 1. The summed E-state index contributed by atoms with van der Waals surface area (Å²) in [6.07, 6.45) is 0. The molecule has 0 bridgehead atoms. The van der Waals surface area contributed by atoms with Crippen LogP contribution in [0.2, 0.25) is 0 Å². The third-order valence-electron chi connectivity index (χ3n) is 3.44. The van der Waals surface area contributed by atoms with Crippen molar-refractivity contribution in [3.8, 4) is 0 Å². The van der Waals surface area contributed by atoms with Crippen LogP contribution in [0.1, 0.15) is 6.92 Å². The van der Waals surface area contributed by atoms with Crippen LogP contribution in [0.15, 0.2) is 69.7 Å². The number of benzene rings is 2. The first-order valence-corrected chi connectivity index (χ1v) is 8.66. The molecule has 0 fully saturated rings. The molecule has 9 heteroatoms. The highest BCUT2D eigenvalue weighted by Crippen LogP contribution is 2.22. The van der Waals surface area contributed by atoms with Crippen molar-refractivity contribution >= 4 is 38.8 Å². The van der Waals surface area contributed by atoms with Crippen LogP contribution in [-0.2, 0) is 14.9 Å². The quantitative estimate of drug-likeness (QED) is 0.642. The molecule has 0 radical (unpaired) electrons. The monoisotopic (exact) mass is 358 g/mol. The van der Waals surface area contributed by atoms with Crippen molar-refractivity contribution in [1.29, 1.82) is 0 Å². The molecule has 0 saturated heterocycles. The van der Waals surface area contributed by atoms with Gasteiger partial charge in [-0.2, -0.15) is 23.6 Å². The molecule has 8 nitrogen and oxygen atoms in total. The van der Waals surface area contributed by atoms with Gasteiger partial charge in [0.1, 0.15) is 0 Å². The van der Waals surface area contributed by atoms with Crippen molar-refractivity contribution in [2.75, 3.05) is 10.4 Å². The van der Waals surface area contributed by atoms with Gasteiger partial charge in [0.05, 0.1) is 22.0 Å². The van der Waals surface area contributed by atoms with E-state index < -0.39 is 16.0 Å². The van der Waals surface area contributed by atoms with Gasteiger partial charge in [0.2, 0.25) is 0 Å². The summed E-state index contributed by atoms with van der Waals surface area (Å²) < 4.78 is 31.1. The second kappa shape index (κ2) is 6.46. The number of hydrazone groups is 2. The van der Waals surface area contributed by atoms with Gasteiger partial charge >= 0.3 is 5.91 Å². The van der Waals surface area contributed by atoms with Crippen molar-refractivity contribution in [2.45, 2.75) is 11.8 Å². The molecular weight excluding hydrogens is 344 g/mol. The number of carbonyl (C=O) groups excluding carboxylic acids is 1. The molecule has 1 heterocycles. The highest BCUT2D eigenvalue weighted by molar-refractivity contribution is 7.85. The van der Waals surface area contributed by atoms with Crippen molar-refractivity contribution in [2.24, 2.45) is 10.2 Å². The van der Waals surface area contributed by atoms with Gasteiger partial charge in [-0.25, -0.2) is 0 Å². The molecule has 2 N–H and O–H groups in total. The highest BCUT2D eigenvalue weighted by Gasteiger charge is 2.30. The maximum absolute atomic E-state index is 12.5. The lowest BCUT2D eigenvalue weighted by molar-refractivity contribution is -0.112. The Balaban J connectivity index is 1.82. The summed E-state index contributed by atoms with van der Waals surface area (Å²) in [5.41, 5.74) is 4.47. The molecule has 0 unspecified atom stereocenters. The fraction of sp³-hybridized carbons (Fsp3) is 0.0625. The number of para-hydroxylation sites is 1. The van der Waals surface area contributed by atoms with E-state index in [9.17, 15) is 13.2 Å². The molecule has 0 aromatic heterocycles. The number of hydrogen-bond donors (Lipinski definition) is 2. The molecule has 1 aliphatic heterocycles. The fourth-order valence-corrected chi connectivity index (χ4v) is 2.67. The third-order valence-corrected chi connectivity index (χ3v) is 4.31. The number of anilines is 2. The summed E-state index contributed by atoms with van der Waals surface area (Å²) in [6, 6.07) is 14.3. The summed E-state index contributed by atoms with van der Waals surface area (Å²) in [5.74, 6) is -0.444. The molecule has 1 aliphatic rings.